The molecule has 1 aromatic carbocycles. The first-order valence-electron chi connectivity index (χ1n) is 6.00. The van der Waals surface area contributed by atoms with Crippen LogP contribution in [0.2, 0.25) is 0 Å². The highest BCUT2D eigenvalue weighted by Gasteiger charge is 2.19. The monoisotopic (exact) mass is 309 g/mol. The van der Waals surface area contributed by atoms with Gasteiger partial charge in [0.1, 0.15) is 11.5 Å². The van der Waals surface area contributed by atoms with Crippen LogP contribution < -0.4 is 14.8 Å². The van der Waals surface area contributed by atoms with Gasteiger partial charge >= 0.3 is 0 Å². The number of halogens is 1. The first kappa shape index (κ1) is 13.3. The predicted molar refractivity (Wildman–Crippen MR) is 79.1 cm³/mol. The summed E-state index contributed by atoms with van der Waals surface area (Å²) >= 11 is 8.02. The molecule has 1 N–H and O–H groups in total. The van der Waals surface area contributed by atoms with Gasteiger partial charge in [0.15, 0.2) is 6.61 Å². The molecule has 2 aromatic rings. The highest BCUT2D eigenvalue weighted by Crippen LogP contribution is 2.38. The van der Waals surface area contributed by atoms with Crippen molar-refractivity contribution in [1.82, 2.24) is 0 Å². The van der Waals surface area contributed by atoms with Crippen LogP contribution in [0.4, 0.5) is 5.69 Å². The van der Waals surface area contributed by atoms with E-state index in [1.807, 2.05) is 29.6 Å². The quantitative estimate of drug-likeness (QED) is 0.884. The number of thiophene rings is 1. The smallest absolute Gasteiger partial charge is 0.262 e. The fourth-order valence-corrected chi connectivity index (χ4v) is 3.21. The molecule has 0 radical (unpaired) electrons. The van der Waals surface area contributed by atoms with Gasteiger partial charge in [-0.25, -0.2) is 0 Å². The molecule has 0 aliphatic carbocycles. The van der Waals surface area contributed by atoms with E-state index in [0.29, 0.717) is 11.4 Å². The Bertz CT molecular complexity index is 656. The maximum atomic E-state index is 11.3. The van der Waals surface area contributed by atoms with Gasteiger partial charge in [-0.3, -0.25) is 4.79 Å². The maximum absolute atomic E-state index is 11.3. The van der Waals surface area contributed by atoms with Crippen molar-refractivity contribution in [3.63, 3.8) is 0 Å². The molecule has 0 bridgehead atoms. The number of hydrogen-bond donors (Lipinski definition) is 1. The van der Waals surface area contributed by atoms with Crippen LogP contribution in [0.15, 0.2) is 29.6 Å². The minimum atomic E-state index is -0.284. The molecule has 2 heterocycles. The van der Waals surface area contributed by atoms with Gasteiger partial charge < -0.3 is 14.8 Å². The summed E-state index contributed by atoms with van der Waals surface area (Å²) in [4.78, 5) is 12.3. The van der Waals surface area contributed by atoms with E-state index in [2.05, 4.69) is 5.32 Å². The van der Waals surface area contributed by atoms with Gasteiger partial charge in [-0.1, -0.05) is 6.07 Å². The van der Waals surface area contributed by atoms with Crippen LogP contribution in [0.3, 0.4) is 0 Å². The number of carbonyl (C=O) groups excluding carboxylic acids is 1. The van der Waals surface area contributed by atoms with Gasteiger partial charge in [0, 0.05) is 10.3 Å². The van der Waals surface area contributed by atoms with E-state index >= 15 is 0 Å². The number of alkyl halides is 1. The minimum absolute atomic E-state index is 0.0543. The summed E-state index contributed by atoms with van der Waals surface area (Å²) in [7, 11) is 1.63. The second kappa shape index (κ2) is 5.34. The first-order valence-corrected chi connectivity index (χ1v) is 7.32. The predicted octanol–water partition coefficient (Wildman–Crippen LogP) is 3.42. The van der Waals surface area contributed by atoms with E-state index in [-0.39, 0.29) is 17.9 Å². The van der Waals surface area contributed by atoms with Crippen molar-refractivity contribution in [2.24, 2.45) is 0 Å². The highest BCUT2D eigenvalue weighted by molar-refractivity contribution is 7.10. The molecule has 0 saturated heterocycles. The lowest BCUT2D eigenvalue weighted by Crippen LogP contribution is -2.25. The van der Waals surface area contributed by atoms with Gasteiger partial charge in [-0.05, 0) is 23.8 Å². The SMILES string of the molecule is COc1csc(C(Cl)c2ccc3c(c2)NC(=O)CO3)c1. The Morgan fingerprint density at radius 3 is 3.05 bits per heavy atom. The first-order chi connectivity index (χ1) is 9.67. The molecule has 0 saturated carbocycles. The zero-order valence-corrected chi connectivity index (χ0v) is 12.3. The Kier molecular flexibility index (Phi) is 3.54. The molecule has 1 aromatic heterocycles. The molecule has 1 aliphatic heterocycles. The van der Waals surface area contributed by atoms with Crippen LogP contribution in [-0.2, 0) is 4.79 Å². The van der Waals surface area contributed by atoms with Crippen molar-refractivity contribution >= 4 is 34.5 Å². The van der Waals surface area contributed by atoms with Crippen molar-refractivity contribution < 1.29 is 14.3 Å². The largest absolute Gasteiger partial charge is 0.496 e. The van der Waals surface area contributed by atoms with Gasteiger partial charge in [-0.2, -0.15) is 0 Å². The second-order valence-electron chi connectivity index (χ2n) is 4.34. The van der Waals surface area contributed by atoms with Crippen molar-refractivity contribution in [3.05, 3.63) is 40.1 Å². The average molecular weight is 310 g/mol. The lowest BCUT2D eigenvalue weighted by Gasteiger charge is -2.19. The molecule has 1 aliphatic rings. The molecule has 1 unspecified atom stereocenters. The molecule has 0 fully saturated rings. The minimum Gasteiger partial charge on any atom is -0.496 e. The standard InChI is InChI=1S/C14H12ClNO3S/c1-18-9-5-12(20-7-9)14(15)8-2-3-11-10(4-8)16-13(17)6-19-11/h2-5,7,14H,6H2,1H3,(H,16,17). The summed E-state index contributed by atoms with van der Waals surface area (Å²) < 4.78 is 10.5. The van der Waals surface area contributed by atoms with Gasteiger partial charge in [0.05, 0.1) is 18.2 Å². The third kappa shape index (κ3) is 2.46. The number of rotatable bonds is 3. The summed E-state index contributed by atoms with van der Waals surface area (Å²) in [6.07, 6.45) is 0. The summed E-state index contributed by atoms with van der Waals surface area (Å²) in [6, 6.07) is 7.48. The molecule has 1 amide bonds. The van der Waals surface area contributed by atoms with Crippen molar-refractivity contribution in [3.8, 4) is 11.5 Å². The number of amides is 1. The Balaban J connectivity index is 1.90. The molecular weight excluding hydrogens is 298 g/mol. The van der Waals surface area contributed by atoms with Crippen LogP contribution in [-0.4, -0.2) is 19.6 Å². The van der Waals surface area contributed by atoms with E-state index in [9.17, 15) is 4.79 Å². The number of hydrogen-bond acceptors (Lipinski definition) is 4. The number of benzene rings is 1. The van der Waals surface area contributed by atoms with Crippen LogP contribution in [0.5, 0.6) is 11.5 Å². The maximum Gasteiger partial charge on any atom is 0.262 e. The number of ether oxygens (including phenoxy) is 2. The number of nitrogens with one attached hydrogen (secondary N) is 1. The van der Waals surface area contributed by atoms with E-state index in [4.69, 9.17) is 21.1 Å². The Labute approximate surface area is 125 Å². The summed E-state index contributed by atoms with van der Waals surface area (Å²) in [5.41, 5.74) is 1.56. The van der Waals surface area contributed by atoms with Crippen LogP contribution in [0.25, 0.3) is 0 Å². The fourth-order valence-electron chi connectivity index (χ4n) is 2.00. The number of methoxy groups -OCH3 is 1. The second-order valence-corrected chi connectivity index (χ2v) is 5.72. The van der Waals surface area contributed by atoms with Crippen LogP contribution >= 0.6 is 22.9 Å². The summed E-state index contributed by atoms with van der Waals surface area (Å²) in [6.45, 7) is 0.0543. The highest BCUT2D eigenvalue weighted by atomic mass is 35.5. The molecule has 1 atom stereocenters. The van der Waals surface area contributed by atoms with Gasteiger partial charge in [0.2, 0.25) is 0 Å². The number of anilines is 1. The van der Waals surface area contributed by atoms with Gasteiger partial charge in [-0.15, -0.1) is 22.9 Å². The molecule has 3 rings (SSSR count). The summed E-state index contributed by atoms with van der Waals surface area (Å²) in [5, 5.41) is 4.41. The molecular formula is C14H12ClNO3S. The average Bonchev–Trinajstić information content (AvgIpc) is 2.94. The molecule has 4 nitrogen and oxygen atoms in total. The van der Waals surface area contributed by atoms with Crippen molar-refractivity contribution in [1.29, 1.82) is 0 Å². The van der Waals surface area contributed by atoms with Crippen LogP contribution in [0, 0.1) is 0 Å². The molecule has 104 valence electrons. The Hall–Kier alpha value is -1.72. The zero-order valence-electron chi connectivity index (χ0n) is 10.7. The third-order valence-electron chi connectivity index (χ3n) is 3.01. The van der Waals surface area contributed by atoms with Crippen molar-refractivity contribution in [2.45, 2.75) is 5.38 Å². The Morgan fingerprint density at radius 1 is 1.45 bits per heavy atom. The normalized spacial score (nSPS) is 15.0. The topological polar surface area (TPSA) is 47.6 Å². The van der Waals surface area contributed by atoms with E-state index in [1.165, 1.54) is 11.3 Å². The molecule has 6 heteroatoms. The lowest BCUT2D eigenvalue weighted by molar-refractivity contribution is -0.118. The fraction of sp³-hybridized carbons (Fsp3) is 0.214. The summed E-state index contributed by atoms with van der Waals surface area (Å²) in [5.74, 6) is 1.31. The number of carbonyl (C=O) groups is 1. The lowest BCUT2D eigenvalue weighted by atomic mass is 10.1. The van der Waals surface area contributed by atoms with Crippen LogP contribution in [0.1, 0.15) is 15.8 Å². The number of fused-ring (bicyclic) bond motifs is 1. The molecule has 0 spiro atoms. The van der Waals surface area contributed by atoms with E-state index in [1.54, 1.807) is 7.11 Å². The Morgan fingerprint density at radius 2 is 2.30 bits per heavy atom. The van der Waals surface area contributed by atoms with Gasteiger partial charge in [0.25, 0.3) is 5.91 Å². The van der Waals surface area contributed by atoms with E-state index in [0.717, 1.165) is 16.2 Å². The zero-order chi connectivity index (χ0) is 14.1. The molecule has 20 heavy (non-hydrogen) atoms. The van der Waals surface area contributed by atoms with E-state index < -0.39 is 0 Å². The van der Waals surface area contributed by atoms with Crippen molar-refractivity contribution in [2.75, 3.05) is 19.0 Å². The third-order valence-corrected chi connectivity index (χ3v) is 4.60.